The van der Waals surface area contributed by atoms with Gasteiger partial charge in [0.15, 0.2) is 5.69 Å². The Morgan fingerprint density at radius 1 is 1.15 bits per heavy atom. The first-order chi connectivity index (χ1) is 18.1. The summed E-state index contributed by atoms with van der Waals surface area (Å²) >= 11 is 6.31. The molecule has 0 spiro atoms. The van der Waals surface area contributed by atoms with Gasteiger partial charge in [0.1, 0.15) is 0 Å². The van der Waals surface area contributed by atoms with Gasteiger partial charge < -0.3 is 15.1 Å². The number of carbonyl (C=O) groups is 2. The Labute approximate surface area is 231 Å². The van der Waals surface area contributed by atoms with Crippen molar-refractivity contribution in [2.24, 2.45) is 11.3 Å². The highest BCUT2D eigenvalue weighted by Crippen LogP contribution is 2.40. The van der Waals surface area contributed by atoms with Crippen molar-refractivity contribution in [1.82, 2.24) is 19.7 Å². The largest absolute Gasteiger partial charge is 0.481 e. The maximum absolute atomic E-state index is 14.4. The van der Waals surface area contributed by atoms with Crippen molar-refractivity contribution in [3.05, 3.63) is 46.0 Å². The number of carbonyl (C=O) groups excluding carboxylic acids is 1. The van der Waals surface area contributed by atoms with Crippen LogP contribution >= 0.6 is 11.6 Å². The van der Waals surface area contributed by atoms with Crippen molar-refractivity contribution in [2.45, 2.75) is 84.5 Å². The molecule has 1 amide bonds. The zero-order chi connectivity index (χ0) is 29.1. The predicted octanol–water partition coefficient (Wildman–Crippen LogP) is 5.94. The molecule has 1 aliphatic carbocycles. The number of aryl methyl sites for hydroxylation is 1. The first kappa shape index (κ1) is 30.9. The van der Waals surface area contributed by atoms with Crippen LogP contribution in [0.5, 0.6) is 0 Å². The summed E-state index contributed by atoms with van der Waals surface area (Å²) in [5.41, 5.74) is -1.12. The summed E-state index contributed by atoms with van der Waals surface area (Å²) in [6.07, 6.45) is -0.0947. The molecule has 216 valence electrons. The van der Waals surface area contributed by atoms with E-state index in [-0.39, 0.29) is 30.5 Å². The normalized spacial score (nSPS) is 19.1. The van der Waals surface area contributed by atoms with Crippen LogP contribution in [0.15, 0.2) is 18.6 Å². The number of carboxylic acid groups (broad SMARTS) is 1. The van der Waals surface area contributed by atoms with Crippen LogP contribution in [0.4, 0.5) is 13.2 Å². The molecule has 2 heterocycles. The van der Waals surface area contributed by atoms with Crippen molar-refractivity contribution < 1.29 is 33.0 Å². The molecule has 1 aliphatic rings. The molecule has 1 unspecified atom stereocenters. The highest BCUT2D eigenvalue weighted by atomic mass is 35.5. The fourth-order valence-electron chi connectivity index (χ4n) is 5.32. The Morgan fingerprint density at radius 3 is 2.33 bits per heavy atom. The van der Waals surface area contributed by atoms with E-state index in [1.54, 1.807) is 6.20 Å². The van der Waals surface area contributed by atoms with Crippen molar-refractivity contribution in [3.8, 4) is 0 Å². The average molecular weight is 573 g/mol. The van der Waals surface area contributed by atoms with Gasteiger partial charge in [0.2, 0.25) is 0 Å². The molecule has 0 radical (unpaired) electrons. The van der Waals surface area contributed by atoms with E-state index in [4.69, 9.17) is 16.7 Å². The van der Waals surface area contributed by atoms with E-state index in [9.17, 15) is 27.9 Å². The lowest BCUT2D eigenvalue weighted by molar-refractivity contribution is -0.145. The fraction of sp³-hybridized carbons (Fsp3) is 0.630. The second-order valence-electron chi connectivity index (χ2n) is 11.4. The molecule has 8 nitrogen and oxygen atoms in total. The number of hydrogen-bond acceptors (Lipinski definition) is 5. The summed E-state index contributed by atoms with van der Waals surface area (Å²) in [6, 6.07) is -0.599. The number of aliphatic carboxylic acids is 1. The molecule has 2 aromatic rings. The molecule has 1 atom stereocenters. The molecule has 0 aliphatic heterocycles. The molecule has 2 N–H and O–H groups in total. The minimum Gasteiger partial charge on any atom is -0.481 e. The van der Waals surface area contributed by atoms with E-state index in [2.05, 4.69) is 10.1 Å². The quantitative estimate of drug-likeness (QED) is 0.385. The van der Waals surface area contributed by atoms with Gasteiger partial charge in [-0.15, -0.1) is 0 Å². The number of rotatable bonds is 9. The van der Waals surface area contributed by atoms with E-state index in [1.165, 1.54) is 11.1 Å². The SMILES string of the molecule is CCc1cncc(Cl)c1C(O)CN(CC(C)(C)C)C(=O)c1cnn(C2CCC(CC(=O)O)CC2)c1C(F)(F)F. The van der Waals surface area contributed by atoms with Gasteiger partial charge in [-0.25, -0.2) is 0 Å². The second kappa shape index (κ2) is 12.2. The van der Waals surface area contributed by atoms with Crippen LogP contribution in [0.2, 0.25) is 5.02 Å². The minimum atomic E-state index is -4.85. The molecule has 12 heteroatoms. The van der Waals surface area contributed by atoms with Crippen molar-refractivity contribution in [3.63, 3.8) is 0 Å². The van der Waals surface area contributed by atoms with Gasteiger partial charge in [-0.05, 0) is 49.0 Å². The van der Waals surface area contributed by atoms with Crippen LogP contribution in [0.3, 0.4) is 0 Å². The lowest BCUT2D eigenvalue weighted by Gasteiger charge is -2.33. The van der Waals surface area contributed by atoms with Crippen LogP contribution in [-0.2, 0) is 17.4 Å². The number of pyridine rings is 1. The first-order valence-electron chi connectivity index (χ1n) is 13.1. The van der Waals surface area contributed by atoms with Crippen LogP contribution in [-0.4, -0.2) is 54.8 Å². The number of nitrogens with zero attached hydrogens (tertiary/aromatic N) is 4. The molecular weight excluding hydrogens is 537 g/mol. The number of alkyl halides is 3. The van der Waals surface area contributed by atoms with Gasteiger partial charge in [0, 0.05) is 30.9 Å². The maximum atomic E-state index is 14.4. The Balaban J connectivity index is 1.95. The number of aliphatic hydroxyl groups excluding tert-OH is 1. The third-order valence-electron chi connectivity index (χ3n) is 7.00. The smallest absolute Gasteiger partial charge is 0.433 e. The van der Waals surface area contributed by atoms with Gasteiger partial charge in [0.25, 0.3) is 5.91 Å². The fourth-order valence-corrected chi connectivity index (χ4v) is 5.62. The van der Waals surface area contributed by atoms with Crippen molar-refractivity contribution in [2.75, 3.05) is 13.1 Å². The molecule has 39 heavy (non-hydrogen) atoms. The minimum absolute atomic E-state index is 0.0208. The number of aromatic nitrogens is 3. The number of amides is 1. The topological polar surface area (TPSA) is 109 Å². The van der Waals surface area contributed by atoms with Crippen LogP contribution in [0.25, 0.3) is 0 Å². The van der Waals surface area contributed by atoms with E-state index in [1.807, 2.05) is 27.7 Å². The second-order valence-corrected chi connectivity index (χ2v) is 11.8. The van der Waals surface area contributed by atoms with Crippen molar-refractivity contribution >= 4 is 23.5 Å². The Hall–Kier alpha value is -2.66. The van der Waals surface area contributed by atoms with Gasteiger partial charge in [-0.1, -0.05) is 39.3 Å². The third kappa shape index (κ3) is 7.72. The van der Waals surface area contributed by atoms with E-state index in [0.29, 0.717) is 43.2 Å². The highest BCUT2D eigenvalue weighted by Gasteiger charge is 2.43. The Bertz CT molecular complexity index is 1170. The Kier molecular flexibility index (Phi) is 9.69. The Morgan fingerprint density at radius 2 is 1.79 bits per heavy atom. The van der Waals surface area contributed by atoms with E-state index in [0.717, 1.165) is 10.9 Å². The molecule has 0 aromatic carbocycles. The van der Waals surface area contributed by atoms with Gasteiger partial charge in [-0.3, -0.25) is 19.3 Å². The van der Waals surface area contributed by atoms with Crippen molar-refractivity contribution in [1.29, 1.82) is 0 Å². The summed E-state index contributed by atoms with van der Waals surface area (Å²) in [7, 11) is 0. The molecule has 1 fully saturated rings. The molecule has 0 saturated heterocycles. The molecular formula is C27H36ClF3N4O4. The highest BCUT2D eigenvalue weighted by molar-refractivity contribution is 6.31. The van der Waals surface area contributed by atoms with Gasteiger partial charge in [-0.2, -0.15) is 18.3 Å². The van der Waals surface area contributed by atoms with Gasteiger partial charge in [0.05, 0.1) is 35.5 Å². The summed E-state index contributed by atoms with van der Waals surface area (Å²) < 4.78 is 44.1. The molecule has 3 rings (SSSR count). The van der Waals surface area contributed by atoms with Crippen LogP contribution in [0.1, 0.15) is 99.1 Å². The summed E-state index contributed by atoms with van der Waals surface area (Å²) in [5, 5.41) is 24.4. The standard InChI is InChI=1S/C27H36ClF3N4O4/c1-5-17-11-32-13-20(28)23(17)21(36)14-34(15-26(2,3)4)25(39)19-12-33-35(24(19)27(29,30)31)18-8-6-16(7-9-18)10-22(37)38/h11-13,16,18,21,36H,5-10,14-15H2,1-4H3,(H,37,38). The predicted molar refractivity (Wildman–Crippen MR) is 139 cm³/mol. The molecule has 2 aromatic heterocycles. The molecule has 0 bridgehead atoms. The van der Waals surface area contributed by atoms with Crippen LogP contribution < -0.4 is 0 Å². The zero-order valence-electron chi connectivity index (χ0n) is 22.6. The number of aliphatic hydroxyl groups is 1. The van der Waals surface area contributed by atoms with E-state index < -0.39 is 46.9 Å². The van der Waals surface area contributed by atoms with Crippen LogP contribution in [0, 0.1) is 11.3 Å². The number of carboxylic acids is 1. The lowest BCUT2D eigenvalue weighted by Crippen LogP contribution is -2.41. The third-order valence-corrected chi connectivity index (χ3v) is 7.30. The number of halogens is 4. The monoisotopic (exact) mass is 572 g/mol. The summed E-state index contributed by atoms with van der Waals surface area (Å²) in [4.78, 5) is 30.0. The maximum Gasteiger partial charge on any atom is 0.433 e. The zero-order valence-corrected chi connectivity index (χ0v) is 23.4. The first-order valence-corrected chi connectivity index (χ1v) is 13.5. The summed E-state index contributed by atoms with van der Waals surface area (Å²) in [6.45, 7) is 7.22. The lowest BCUT2D eigenvalue weighted by atomic mass is 9.84. The number of hydrogen-bond donors (Lipinski definition) is 2. The average Bonchev–Trinajstić information content (AvgIpc) is 3.28. The van der Waals surface area contributed by atoms with E-state index >= 15 is 0 Å². The molecule has 1 saturated carbocycles. The summed E-state index contributed by atoms with van der Waals surface area (Å²) in [5.74, 6) is -1.91. The van der Waals surface area contributed by atoms with Gasteiger partial charge >= 0.3 is 12.1 Å².